The lowest BCUT2D eigenvalue weighted by Crippen LogP contribution is -2.43. The van der Waals surface area contributed by atoms with Crippen LogP contribution in [0.15, 0.2) is 42.5 Å². The van der Waals surface area contributed by atoms with Crippen molar-refractivity contribution in [3.8, 4) is 0 Å². The van der Waals surface area contributed by atoms with E-state index in [1.165, 1.54) is 69.8 Å². The molecule has 3 N–H and O–H groups in total. The maximum Gasteiger partial charge on any atom is 0.328 e. The largest absolute Gasteiger partial charge is 0.478 e. The predicted octanol–water partition coefficient (Wildman–Crippen LogP) is 4.40. The molecule has 0 radical (unpaired) electrons. The van der Waals surface area contributed by atoms with E-state index in [1.54, 1.807) is 0 Å². The average Bonchev–Trinajstić information content (AvgIpc) is 2.83. The SMILES string of the molecule is CN(CC(=O)NC(c1ccccc1)C1CCCCC1)C1CCCCC1.O=C(O)/C=C\C(=O)O. The molecule has 0 aliphatic heterocycles. The summed E-state index contributed by atoms with van der Waals surface area (Å²) in [7, 11) is 2.12. The quantitative estimate of drug-likeness (QED) is 0.499. The third kappa shape index (κ3) is 10.2. The Morgan fingerprint density at radius 3 is 1.94 bits per heavy atom. The molecule has 2 aliphatic carbocycles. The van der Waals surface area contributed by atoms with Crippen LogP contribution in [-0.2, 0) is 14.4 Å². The monoisotopic (exact) mass is 458 g/mol. The Kier molecular flexibility index (Phi) is 11.7. The number of benzene rings is 1. The second kappa shape index (κ2) is 14.5. The molecule has 0 aromatic heterocycles. The molecule has 33 heavy (non-hydrogen) atoms. The molecule has 2 fully saturated rings. The van der Waals surface area contributed by atoms with Crippen LogP contribution in [0.5, 0.6) is 0 Å². The van der Waals surface area contributed by atoms with Gasteiger partial charge in [-0.2, -0.15) is 0 Å². The fourth-order valence-corrected chi connectivity index (χ4v) is 4.84. The fourth-order valence-electron chi connectivity index (χ4n) is 4.84. The zero-order chi connectivity index (χ0) is 24.1. The first-order valence-corrected chi connectivity index (χ1v) is 12.0. The van der Waals surface area contributed by atoms with Gasteiger partial charge in [-0.1, -0.05) is 68.9 Å². The molecule has 1 amide bonds. The summed E-state index contributed by atoms with van der Waals surface area (Å²) in [5, 5.41) is 19.0. The van der Waals surface area contributed by atoms with Gasteiger partial charge < -0.3 is 15.5 Å². The van der Waals surface area contributed by atoms with Crippen LogP contribution < -0.4 is 5.32 Å². The number of carboxylic acid groups (broad SMARTS) is 2. The number of hydrogen-bond acceptors (Lipinski definition) is 4. The number of amides is 1. The van der Waals surface area contributed by atoms with Gasteiger partial charge in [0.1, 0.15) is 0 Å². The topological polar surface area (TPSA) is 107 Å². The van der Waals surface area contributed by atoms with Crippen LogP contribution in [0.4, 0.5) is 0 Å². The highest BCUT2D eigenvalue weighted by Crippen LogP contribution is 2.34. The van der Waals surface area contributed by atoms with Crippen LogP contribution in [0.1, 0.15) is 75.8 Å². The number of hydrogen-bond donors (Lipinski definition) is 3. The Balaban J connectivity index is 0.000000414. The lowest BCUT2D eigenvalue weighted by molar-refractivity contribution is -0.134. The van der Waals surface area contributed by atoms with Crippen molar-refractivity contribution in [3.63, 3.8) is 0 Å². The highest BCUT2D eigenvalue weighted by atomic mass is 16.4. The molecule has 1 atom stereocenters. The third-order valence-corrected chi connectivity index (χ3v) is 6.56. The number of likely N-dealkylation sites (N-methyl/N-ethyl adjacent to an activating group) is 1. The minimum absolute atomic E-state index is 0.175. The van der Waals surface area contributed by atoms with Gasteiger partial charge in [0.25, 0.3) is 0 Å². The third-order valence-electron chi connectivity index (χ3n) is 6.56. The summed E-state index contributed by atoms with van der Waals surface area (Å²) in [5.41, 5.74) is 1.27. The zero-order valence-corrected chi connectivity index (χ0v) is 19.6. The minimum atomic E-state index is -1.26. The van der Waals surface area contributed by atoms with Gasteiger partial charge in [0.05, 0.1) is 12.6 Å². The van der Waals surface area contributed by atoms with Gasteiger partial charge in [0.2, 0.25) is 5.91 Å². The van der Waals surface area contributed by atoms with E-state index >= 15 is 0 Å². The molecular weight excluding hydrogens is 420 g/mol. The Hall–Kier alpha value is -2.67. The number of carboxylic acids is 2. The van der Waals surface area contributed by atoms with Gasteiger partial charge in [-0.15, -0.1) is 0 Å². The molecule has 7 heteroatoms. The number of rotatable bonds is 8. The van der Waals surface area contributed by atoms with Crippen LogP contribution in [0.25, 0.3) is 0 Å². The van der Waals surface area contributed by atoms with Crippen molar-refractivity contribution in [1.82, 2.24) is 10.2 Å². The van der Waals surface area contributed by atoms with E-state index in [0.717, 1.165) is 0 Å². The van der Waals surface area contributed by atoms with E-state index in [2.05, 4.69) is 47.6 Å². The maximum absolute atomic E-state index is 12.8. The van der Waals surface area contributed by atoms with E-state index < -0.39 is 11.9 Å². The van der Waals surface area contributed by atoms with Gasteiger partial charge in [0, 0.05) is 18.2 Å². The molecule has 182 valence electrons. The lowest BCUT2D eigenvalue weighted by Gasteiger charge is -2.34. The Bertz CT molecular complexity index is 752. The molecule has 0 spiro atoms. The first-order valence-electron chi connectivity index (χ1n) is 12.0. The van der Waals surface area contributed by atoms with Crippen LogP contribution in [0.3, 0.4) is 0 Å². The van der Waals surface area contributed by atoms with Crippen molar-refractivity contribution >= 4 is 17.8 Å². The summed E-state index contributed by atoms with van der Waals surface area (Å²) in [6, 6.07) is 11.3. The van der Waals surface area contributed by atoms with Gasteiger partial charge >= 0.3 is 11.9 Å². The van der Waals surface area contributed by atoms with Gasteiger partial charge in [-0.05, 0) is 44.2 Å². The van der Waals surface area contributed by atoms with Crippen LogP contribution in [0, 0.1) is 5.92 Å². The van der Waals surface area contributed by atoms with Crippen molar-refractivity contribution in [2.24, 2.45) is 5.92 Å². The van der Waals surface area contributed by atoms with Crippen molar-refractivity contribution in [2.75, 3.05) is 13.6 Å². The summed E-state index contributed by atoms with van der Waals surface area (Å²) in [6.07, 6.45) is 14.0. The molecule has 1 aromatic rings. The predicted molar refractivity (Wildman–Crippen MR) is 128 cm³/mol. The van der Waals surface area contributed by atoms with Crippen LogP contribution in [-0.4, -0.2) is 52.6 Å². The van der Waals surface area contributed by atoms with Gasteiger partial charge in [-0.3, -0.25) is 9.69 Å². The molecule has 2 saturated carbocycles. The normalized spacial score (nSPS) is 18.4. The summed E-state index contributed by atoms with van der Waals surface area (Å²) < 4.78 is 0. The smallest absolute Gasteiger partial charge is 0.328 e. The van der Waals surface area contributed by atoms with Crippen molar-refractivity contribution in [1.29, 1.82) is 0 Å². The second-order valence-corrected chi connectivity index (χ2v) is 9.07. The van der Waals surface area contributed by atoms with E-state index in [4.69, 9.17) is 10.2 Å². The highest BCUT2D eigenvalue weighted by molar-refractivity contribution is 5.89. The summed E-state index contributed by atoms with van der Waals surface area (Å²) >= 11 is 0. The minimum Gasteiger partial charge on any atom is -0.478 e. The molecular formula is C26H38N2O5. The van der Waals surface area contributed by atoms with Gasteiger partial charge in [-0.25, -0.2) is 9.59 Å². The van der Waals surface area contributed by atoms with E-state index in [9.17, 15) is 14.4 Å². The molecule has 7 nitrogen and oxygen atoms in total. The second-order valence-electron chi connectivity index (χ2n) is 9.07. The molecule has 0 heterocycles. The Morgan fingerprint density at radius 1 is 0.909 bits per heavy atom. The lowest BCUT2D eigenvalue weighted by atomic mass is 9.81. The molecule has 1 aromatic carbocycles. The first-order chi connectivity index (χ1) is 15.9. The maximum atomic E-state index is 12.8. The number of carbonyl (C=O) groups excluding carboxylic acids is 1. The number of carbonyl (C=O) groups is 3. The number of nitrogens with one attached hydrogen (secondary N) is 1. The number of aliphatic carboxylic acids is 2. The van der Waals surface area contributed by atoms with Crippen LogP contribution in [0.2, 0.25) is 0 Å². The van der Waals surface area contributed by atoms with Gasteiger partial charge in [0.15, 0.2) is 0 Å². The highest BCUT2D eigenvalue weighted by Gasteiger charge is 2.27. The van der Waals surface area contributed by atoms with E-state index in [0.29, 0.717) is 30.7 Å². The Morgan fingerprint density at radius 2 is 1.42 bits per heavy atom. The molecule has 1 unspecified atom stereocenters. The van der Waals surface area contributed by atoms with E-state index in [-0.39, 0.29) is 11.9 Å². The van der Waals surface area contributed by atoms with Crippen molar-refractivity contribution in [2.45, 2.75) is 76.3 Å². The Labute approximate surface area is 196 Å². The average molecular weight is 459 g/mol. The van der Waals surface area contributed by atoms with E-state index in [1.807, 2.05) is 0 Å². The van der Waals surface area contributed by atoms with Crippen molar-refractivity contribution in [3.05, 3.63) is 48.0 Å². The molecule has 2 aliphatic rings. The summed E-state index contributed by atoms with van der Waals surface area (Å²) in [6.45, 7) is 0.528. The fraction of sp³-hybridized carbons (Fsp3) is 0.577. The zero-order valence-electron chi connectivity index (χ0n) is 19.6. The summed E-state index contributed by atoms with van der Waals surface area (Å²) in [5.74, 6) is -1.74. The molecule has 0 bridgehead atoms. The first kappa shape index (κ1) is 26.6. The molecule has 3 rings (SSSR count). The van der Waals surface area contributed by atoms with Crippen molar-refractivity contribution < 1.29 is 24.6 Å². The molecule has 0 saturated heterocycles. The standard InChI is InChI=1S/C22H34N2O.C4H4O4/c1-24(20-15-9-4-10-16-20)17-21(25)23-22(18-11-5-2-6-12-18)19-13-7-3-8-14-19;5-3(6)1-2-4(7)8/h2,5-6,11-12,19-20,22H,3-4,7-10,13-17H2,1H3,(H,23,25);1-2H,(H,5,6)(H,7,8)/b;2-1-. The van der Waals surface area contributed by atoms with Crippen LogP contribution >= 0.6 is 0 Å². The summed E-state index contributed by atoms with van der Waals surface area (Å²) in [4.78, 5) is 34.2. The number of nitrogens with zero attached hydrogens (tertiary/aromatic N) is 1.